The molecule has 1 saturated heterocycles. The van der Waals surface area contributed by atoms with Gasteiger partial charge in [0, 0.05) is 12.8 Å². The number of aliphatic hydroxyl groups is 5. The van der Waals surface area contributed by atoms with E-state index < -0.39 is 49.5 Å². The van der Waals surface area contributed by atoms with Gasteiger partial charge in [0.05, 0.1) is 32.0 Å². The van der Waals surface area contributed by atoms with Crippen molar-refractivity contribution in [2.75, 3.05) is 19.8 Å². The average molecular weight is 1230 g/mol. The number of unbranched alkanes of at least 4 members (excludes halogenated alkanes) is 43. The molecule has 0 saturated carbocycles. The van der Waals surface area contributed by atoms with Gasteiger partial charge in [0.2, 0.25) is 5.91 Å². The number of rotatable bonds is 65. The second-order valence-electron chi connectivity index (χ2n) is 25.6. The van der Waals surface area contributed by atoms with Gasteiger partial charge in [0.15, 0.2) is 6.29 Å². The van der Waals surface area contributed by atoms with Crippen LogP contribution in [0.15, 0.2) is 60.8 Å². The molecule has 1 heterocycles. The number of hydrogen-bond acceptors (Lipinski definition) is 10. The lowest BCUT2D eigenvalue weighted by atomic mass is 9.99. The highest BCUT2D eigenvalue weighted by Crippen LogP contribution is 2.23. The number of carbonyl (C=O) groups is 2. The van der Waals surface area contributed by atoms with Crippen molar-refractivity contribution in [2.45, 2.75) is 391 Å². The second-order valence-corrected chi connectivity index (χ2v) is 25.6. The van der Waals surface area contributed by atoms with Crippen LogP contribution in [0.25, 0.3) is 0 Å². The van der Waals surface area contributed by atoms with Crippen molar-refractivity contribution in [1.82, 2.24) is 5.32 Å². The molecule has 0 bridgehead atoms. The first-order chi connectivity index (χ1) is 42.7. The third-order valence-corrected chi connectivity index (χ3v) is 17.3. The van der Waals surface area contributed by atoms with Crippen LogP contribution in [0, 0.1) is 0 Å². The van der Waals surface area contributed by atoms with E-state index in [-0.39, 0.29) is 18.5 Å². The molecule has 7 atom stereocenters. The van der Waals surface area contributed by atoms with E-state index >= 15 is 0 Å². The number of esters is 1. The fraction of sp³-hybridized carbons (Fsp3) is 0.842. The minimum atomic E-state index is -1.58. The van der Waals surface area contributed by atoms with Crippen LogP contribution in [-0.2, 0) is 23.8 Å². The summed E-state index contributed by atoms with van der Waals surface area (Å²) in [7, 11) is 0. The Morgan fingerprint density at radius 3 is 1.22 bits per heavy atom. The molecule has 0 aromatic carbocycles. The molecule has 0 aromatic rings. The predicted octanol–water partition coefficient (Wildman–Crippen LogP) is 19.3. The van der Waals surface area contributed by atoms with Gasteiger partial charge in [-0.05, 0) is 103 Å². The van der Waals surface area contributed by atoms with Crippen LogP contribution in [0.3, 0.4) is 0 Å². The topological polar surface area (TPSA) is 175 Å². The summed E-state index contributed by atoms with van der Waals surface area (Å²) in [5.74, 6) is -0.192. The molecule has 11 nitrogen and oxygen atoms in total. The van der Waals surface area contributed by atoms with Gasteiger partial charge in [-0.2, -0.15) is 0 Å². The number of ether oxygens (including phenoxy) is 3. The highest BCUT2D eigenvalue weighted by molar-refractivity contribution is 5.76. The molecule has 6 N–H and O–H groups in total. The number of allylic oxidation sites excluding steroid dienone is 9. The van der Waals surface area contributed by atoms with Crippen molar-refractivity contribution >= 4 is 11.9 Å². The highest BCUT2D eigenvalue weighted by atomic mass is 16.7. The minimum Gasteiger partial charge on any atom is -0.466 e. The Hall–Kier alpha value is -2.64. The fourth-order valence-corrected chi connectivity index (χ4v) is 11.5. The van der Waals surface area contributed by atoms with Crippen LogP contribution in [0.5, 0.6) is 0 Å². The number of aliphatic hydroxyl groups excluding tert-OH is 5. The molecular weight excluding hydrogens is 1090 g/mol. The van der Waals surface area contributed by atoms with E-state index in [0.717, 1.165) is 64.2 Å². The van der Waals surface area contributed by atoms with Gasteiger partial charge < -0.3 is 45.1 Å². The largest absolute Gasteiger partial charge is 0.466 e. The van der Waals surface area contributed by atoms with E-state index in [1.165, 1.54) is 257 Å². The van der Waals surface area contributed by atoms with Crippen molar-refractivity contribution in [1.29, 1.82) is 0 Å². The van der Waals surface area contributed by atoms with E-state index in [4.69, 9.17) is 14.2 Å². The Morgan fingerprint density at radius 1 is 0.425 bits per heavy atom. The molecule has 508 valence electrons. The first-order valence-corrected chi connectivity index (χ1v) is 37.1. The molecule has 1 fully saturated rings. The van der Waals surface area contributed by atoms with Gasteiger partial charge in [0.1, 0.15) is 24.4 Å². The maximum absolute atomic E-state index is 13.0. The first kappa shape index (κ1) is 82.4. The Bertz CT molecular complexity index is 1630. The standard InChI is InChI=1S/C76H139NO10/c1-3-5-7-9-11-13-15-16-17-38-41-44-48-52-56-60-64-72(81)85-65-61-57-53-49-45-42-39-36-34-32-30-28-26-24-22-20-18-19-21-23-25-27-29-31-33-35-37-40-43-47-51-55-59-63-71(80)77-68(67-86-76-75(84)74(83)73(82)70(66-78)87-76)69(79)62-58-54-50-46-14-12-10-8-6-4-2/h14,17,22,24,28,30,38,46,58,62,68-70,73-76,78-79,82-84H,3-13,15-16,18-21,23,25-27,29,31-37,39-45,47-57,59-61,63-67H2,1-2H3,(H,77,80)/b24-22-,30-28-,38-17-,46-14+,62-58+. The maximum atomic E-state index is 13.0. The summed E-state index contributed by atoms with van der Waals surface area (Å²) in [5, 5.41) is 54.3. The van der Waals surface area contributed by atoms with Gasteiger partial charge in [-0.3, -0.25) is 9.59 Å². The van der Waals surface area contributed by atoms with Crippen molar-refractivity contribution in [3.8, 4) is 0 Å². The summed E-state index contributed by atoms with van der Waals surface area (Å²) in [6.07, 6.45) is 76.7. The summed E-state index contributed by atoms with van der Waals surface area (Å²) in [6.45, 7) is 4.31. The lowest BCUT2D eigenvalue weighted by Crippen LogP contribution is -2.60. The van der Waals surface area contributed by atoms with Crippen molar-refractivity contribution in [3.63, 3.8) is 0 Å². The quantitative estimate of drug-likeness (QED) is 0.0195. The van der Waals surface area contributed by atoms with Gasteiger partial charge in [0.25, 0.3) is 0 Å². The summed E-state index contributed by atoms with van der Waals surface area (Å²) < 4.78 is 16.7. The Balaban J connectivity index is 1.92. The predicted molar refractivity (Wildman–Crippen MR) is 366 cm³/mol. The Kier molecular flexibility index (Phi) is 61.4. The lowest BCUT2D eigenvalue weighted by Gasteiger charge is -2.40. The first-order valence-electron chi connectivity index (χ1n) is 37.1. The normalized spacial score (nSPS) is 18.2. The van der Waals surface area contributed by atoms with Gasteiger partial charge in [-0.25, -0.2) is 0 Å². The van der Waals surface area contributed by atoms with Gasteiger partial charge in [-0.15, -0.1) is 0 Å². The van der Waals surface area contributed by atoms with Crippen molar-refractivity contribution in [3.05, 3.63) is 60.8 Å². The van der Waals surface area contributed by atoms with E-state index in [1.807, 2.05) is 6.08 Å². The summed E-state index contributed by atoms with van der Waals surface area (Å²) in [4.78, 5) is 25.1. The molecular formula is C76H139NO10. The van der Waals surface area contributed by atoms with E-state index in [2.05, 4.69) is 67.8 Å². The second kappa shape index (κ2) is 64.9. The number of hydrogen-bond donors (Lipinski definition) is 6. The zero-order chi connectivity index (χ0) is 63.0. The maximum Gasteiger partial charge on any atom is 0.305 e. The molecule has 1 amide bonds. The minimum absolute atomic E-state index is 0.000761. The van der Waals surface area contributed by atoms with Crippen LogP contribution >= 0.6 is 0 Å². The van der Waals surface area contributed by atoms with Crippen LogP contribution in [0.2, 0.25) is 0 Å². The van der Waals surface area contributed by atoms with E-state index in [0.29, 0.717) is 19.4 Å². The van der Waals surface area contributed by atoms with Crippen LogP contribution in [0.1, 0.15) is 348 Å². The molecule has 1 rings (SSSR count). The molecule has 1 aliphatic rings. The smallest absolute Gasteiger partial charge is 0.305 e. The summed E-state index contributed by atoms with van der Waals surface area (Å²) in [5.41, 5.74) is 0. The van der Waals surface area contributed by atoms with E-state index in [1.54, 1.807) is 6.08 Å². The van der Waals surface area contributed by atoms with Crippen LogP contribution in [-0.4, -0.2) is 100 Å². The van der Waals surface area contributed by atoms with Crippen molar-refractivity contribution < 1.29 is 49.3 Å². The molecule has 0 radical (unpaired) electrons. The lowest BCUT2D eigenvalue weighted by molar-refractivity contribution is -0.302. The monoisotopic (exact) mass is 1230 g/mol. The third kappa shape index (κ3) is 53.7. The van der Waals surface area contributed by atoms with Crippen LogP contribution in [0.4, 0.5) is 0 Å². The zero-order valence-corrected chi connectivity index (χ0v) is 56.5. The molecule has 0 aromatic heterocycles. The Morgan fingerprint density at radius 2 is 0.782 bits per heavy atom. The van der Waals surface area contributed by atoms with Gasteiger partial charge >= 0.3 is 5.97 Å². The average Bonchev–Trinajstić information content (AvgIpc) is 1.91. The summed E-state index contributed by atoms with van der Waals surface area (Å²) in [6, 6.07) is -0.826. The number of nitrogens with one attached hydrogen (secondary N) is 1. The van der Waals surface area contributed by atoms with E-state index in [9.17, 15) is 35.1 Å². The highest BCUT2D eigenvalue weighted by Gasteiger charge is 2.44. The molecule has 7 unspecified atom stereocenters. The SMILES string of the molecule is CCCCCC/C=C/CC/C=C/C(O)C(COC1OC(CO)C(O)C(O)C1O)NC(=O)CCCCCCCCCCCCCCCCCCC/C=C\C/C=C\CCCCCCCCCCCOC(=O)CCCCCCC/C=C\CCCCCCCCC. The number of carbonyl (C=O) groups excluding carboxylic acids is 2. The number of amides is 1. The fourth-order valence-electron chi connectivity index (χ4n) is 11.5. The van der Waals surface area contributed by atoms with Crippen molar-refractivity contribution in [2.24, 2.45) is 0 Å². The molecule has 0 spiro atoms. The Labute approximate surface area is 535 Å². The van der Waals surface area contributed by atoms with Gasteiger partial charge in [-0.1, -0.05) is 293 Å². The van der Waals surface area contributed by atoms with Crippen LogP contribution < -0.4 is 5.32 Å². The molecule has 0 aliphatic carbocycles. The summed E-state index contributed by atoms with van der Waals surface area (Å²) >= 11 is 0. The molecule has 87 heavy (non-hydrogen) atoms. The molecule has 1 aliphatic heterocycles. The third-order valence-electron chi connectivity index (χ3n) is 17.3. The molecule has 11 heteroatoms. The zero-order valence-electron chi connectivity index (χ0n) is 56.5.